The molecule has 1 heterocycles. The van der Waals surface area contributed by atoms with Crippen LogP contribution in [0.2, 0.25) is 5.02 Å². The summed E-state index contributed by atoms with van der Waals surface area (Å²) in [6.45, 7) is 3.43. The minimum absolute atomic E-state index is 0.0829. The Labute approximate surface area is 161 Å². The van der Waals surface area contributed by atoms with Gasteiger partial charge in [0.1, 0.15) is 11.5 Å². The van der Waals surface area contributed by atoms with E-state index in [9.17, 15) is 4.79 Å². The molecule has 5 nitrogen and oxygen atoms in total. The van der Waals surface area contributed by atoms with Crippen LogP contribution in [0.5, 0.6) is 5.75 Å². The average Bonchev–Trinajstić information content (AvgIpc) is 3.05. The van der Waals surface area contributed by atoms with Gasteiger partial charge in [0.15, 0.2) is 11.0 Å². The molecule has 1 unspecified atom stereocenters. The molecular formula is C19H18ClN3O2S. The van der Waals surface area contributed by atoms with Gasteiger partial charge in [-0.3, -0.25) is 9.36 Å². The fourth-order valence-corrected chi connectivity index (χ4v) is 3.41. The zero-order chi connectivity index (χ0) is 18.7. The van der Waals surface area contributed by atoms with Crippen molar-refractivity contribution in [1.82, 2.24) is 14.8 Å². The lowest BCUT2D eigenvalue weighted by atomic mass is 10.2. The number of halogens is 1. The van der Waals surface area contributed by atoms with Gasteiger partial charge in [-0.05, 0) is 50.2 Å². The molecule has 7 heteroatoms. The second-order valence-electron chi connectivity index (χ2n) is 5.69. The summed E-state index contributed by atoms with van der Waals surface area (Å²) in [5.74, 6) is 1.42. The van der Waals surface area contributed by atoms with Crippen molar-refractivity contribution in [2.24, 2.45) is 0 Å². The lowest BCUT2D eigenvalue weighted by Gasteiger charge is -2.13. The molecule has 1 atom stereocenters. The molecule has 2 aromatic carbocycles. The molecule has 0 fully saturated rings. The summed E-state index contributed by atoms with van der Waals surface area (Å²) in [7, 11) is 1.62. The van der Waals surface area contributed by atoms with Gasteiger partial charge in [-0.1, -0.05) is 35.5 Å². The molecule has 26 heavy (non-hydrogen) atoms. The Hall–Kier alpha value is -2.31. The zero-order valence-electron chi connectivity index (χ0n) is 14.6. The van der Waals surface area contributed by atoms with Gasteiger partial charge >= 0.3 is 0 Å². The average molecular weight is 388 g/mol. The summed E-state index contributed by atoms with van der Waals surface area (Å²) in [5, 5.41) is 9.75. The van der Waals surface area contributed by atoms with Crippen LogP contribution in [0.15, 0.2) is 53.7 Å². The van der Waals surface area contributed by atoms with Gasteiger partial charge < -0.3 is 4.74 Å². The van der Waals surface area contributed by atoms with Crippen LogP contribution in [0.25, 0.3) is 17.1 Å². The molecule has 0 aliphatic carbocycles. The van der Waals surface area contributed by atoms with E-state index in [0.29, 0.717) is 21.8 Å². The highest BCUT2D eigenvalue weighted by atomic mass is 35.5. The maximum absolute atomic E-state index is 11.7. The van der Waals surface area contributed by atoms with Gasteiger partial charge in [-0.25, -0.2) is 0 Å². The number of nitrogens with zero attached hydrogens (tertiary/aromatic N) is 3. The molecule has 0 aliphatic rings. The smallest absolute Gasteiger partial charge is 0.196 e. The van der Waals surface area contributed by atoms with Gasteiger partial charge in [0.25, 0.3) is 0 Å². The Kier molecular flexibility index (Phi) is 5.64. The summed E-state index contributed by atoms with van der Waals surface area (Å²) in [6, 6.07) is 15.0. The van der Waals surface area contributed by atoms with Gasteiger partial charge in [0.05, 0.1) is 17.9 Å². The van der Waals surface area contributed by atoms with Crippen molar-refractivity contribution in [2.45, 2.75) is 24.3 Å². The number of carbonyl (C=O) groups is 1. The Balaban J connectivity index is 2.17. The van der Waals surface area contributed by atoms with Crippen LogP contribution >= 0.6 is 23.4 Å². The van der Waals surface area contributed by atoms with Gasteiger partial charge in [0.2, 0.25) is 0 Å². The van der Waals surface area contributed by atoms with E-state index < -0.39 is 0 Å². The third-order valence-corrected chi connectivity index (χ3v) is 5.33. The standard InChI is InChI=1S/C19H18ClN3O2S/c1-12(24)13(2)26-19-22-21-18(16-6-4-5-7-17(16)25-3)23(19)15-10-8-14(20)9-11-15/h4-11,13H,1-3H3. The number of benzene rings is 2. The number of methoxy groups -OCH3 is 1. The topological polar surface area (TPSA) is 57.0 Å². The van der Waals surface area contributed by atoms with Crippen LogP contribution in [0.4, 0.5) is 0 Å². The minimum atomic E-state index is -0.226. The molecule has 134 valence electrons. The zero-order valence-corrected chi connectivity index (χ0v) is 16.2. The lowest BCUT2D eigenvalue weighted by Crippen LogP contribution is -2.10. The largest absolute Gasteiger partial charge is 0.496 e. The predicted molar refractivity (Wildman–Crippen MR) is 104 cm³/mol. The monoisotopic (exact) mass is 387 g/mol. The van der Waals surface area contributed by atoms with E-state index in [1.807, 2.05) is 60.0 Å². The number of carbonyl (C=O) groups excluding carboxylic acids is 1. The van der Waals surface area contributed by atoms with Crippen molar-refractivity contribution >= 4 is 29.1 Å². The molecule has 3 rings (SSSR count). The van der Waals surface area contributed by atoms with E-state index in [1.54, 1.807) is 14.0 Å². The molecule has 0 saturated carbocycles. The van der Waals surface area contributed by atoms with E-state index in [1.165, 1.54) is 11.8 Å². The third kappa shape index (κ3) is 3.76. The SMILES string of the molecule is COc1ccccc1-c1nnc(SC(C)C(C)=O)n1-c1ccc(Cl)cc1. The van der Waals surface area contributed by atoms with E-state index in [-0.39, 0.29) is 11.0 Å². The quantitative estimate of drug-likeness (QED) is 0.575. The highest BCUT2D eigenvalue weighted by Gasteiger charge is 2.21. The number of para-hydroxylation sites is 1. The van der Waals surface area contributed by atoms with Gasteiger partial charge in [0, 0.05) is 10.7 Å². The summed E-state index contributed by atoms with van der Waals surface area (Å²) in [4.78, 5) is 11.7. The fourth-order valence-electron chi connectivity index (χ4n) is 2.41. The van der Waals surface area contributed by atoms with E-state index in [4.69, 9.17) is 16.3 Å². The van der Waals surface area contributed by atoms with Crippen LogP contribution in [-0.4, -0.2) is 32.9 Å². The van der Waals surface area contributed by atoms with E-state index in [0.717, 1.165) is 11.3 Å². The van der Waals surface area contributed by atoms with Crippen LogP contribution in [0.1, 0.15) is 13.8 Å². The first-order valence-electron chi connectivity index (χ1n) is 8.03. The first kappa shape index (κ1) is 18.5. The van der Waals surface area contributed by atoms with E-state index in [2.05, 4.69) is 10.2 Å². The fraction of sp³-hybridized carbons (Fsp3) is 0.211. The molecule has 0 N–H and O–H groups in total. The molecule has 0 bridgehead atoms. The molecular weight excluding hydrogens is 370 g/mol. The predicted octanol–water partition coefficient (Wildman–Crippen LogP) is 4.67. The molecule has 0 amide bonds. The van der Waals surface area contributed by atoms with Crippen LogP contribution in [0, 0.1) is 0 Å². The van der Waals surface area contributed by atoms with Crippen molar-refractivity contribution < 1.29 is 9.53 Å². The van der Waals surface area contributed by atoms with Crippen molar-refractivity contribution in [1.29, 1.82) is 0 Å². The maximum atomic E-state index is 11.7. The number of rotatable bonds is 6. The summed E-state index contributed by atoms with van der Waals surface area (Å²) in [6.07, 6.45) is 0. The van der Waals surface area contributed by atoms with Crippen molar-refractivity contribution in [2.75, 3.05) is 7.11 Å². The highest BCUT2D eigenvalue weighted by Crippen LogP contribution is 2.34. The molecule has 0 spiro atoms. The number of hydrogen-bond acceptors (Lipinski definition) is 5. The molecule has 3 aromatic rings. The Bertz CT molecular complexity index is 925. The first-order chi connectivity index (χ1) is 12.5. The number of ether oxygens (including phenoxy) is 1. The molecule has 0 radical (unpaired) electrons. The molecule has 1 aromatic heterocycles. The number of aromatic nitrogens is 3. The highest BCUT2D eigenvalue weighted by molar-refractivity contribution is 8.00. The number of thioether (sulfide) groups is 1. The molecule has 0 aliphatic heterocycles. The van der Waals surface area contributed by atoms with Crippen molar-refractivity contribution in [3.8, 4) is 22.8 Å². The normalized spacial score (nSPS) is 12.0. The Morgan fingerprint density at radius 3 is 2.50 bits per heavy atom. The Morgan fingerprint density at radius 1 is 1.15 bits per heavy atom. The number of Topliss-reactive ketones (excluding diaryl/α,β-unsaturated/α-hetero) is 1. The second kappa shape index (κ2) is 7.93. The second-order valence-corrected chi connectivity index (χ2v) is 7.43. The van der Waals surface area contributed by atoms with Crippen LogP contribution in [0.3, 0.4) is 0 Å². The first-order valence-corrected chi connectivity index (χ1v) is 9.29. The van der Waals surface area contributed by atoms with E-state index >= 15 is 0 Å². The van der Waals surface area contributed by atoms with Gasteiger partial charge in [-0.15, -0.1) is 10.2 Å². The maximum Gasteiger partial charge on any atom is 0.196 e. The summed E-state index contributed by atoms with van der Waals surface area (Å²) in [5.41, 5.74) is 1.68. The Morgan fingerprint density at radius 2 is 1.85 bits per heavy atom. The summed E-state index contributed by atoms with van der Waals surface area (Å²) < 4.78 is 7.39. The molecule has 0 saturated heterocycles. The minimum Gasteiger partial charge on any atom is -0.496 e. The number of ketones is 1. The van der Waals surface area contributed by atoms with Crippen LogP contribution < -0.4 is 4.74 Å². The van der Waals surface area contributed by atoms with Crippen molar-refractivity contribution in [3.63, 3.8) is 0 Å². The van der Waals surface area contributed by atoms with Gasteiger partial charge in [-0.2, -0.15) is 0 Å². The lowest BCUT2D eigenvalue weighted by molar-refractivity contribution is -0.116. The van der Waals surface area contributed by atoms with Crippen molar-refractivity contribution in [3.05, 3.63) is 53.6 Å². The summed E-state index contributed by atoms with van der Waals surface area (Å²) >= 11 is 7.41. The van der Waals surface area contributed by atoms with Crippen LogP contribution in [-0.2, 0) is 4.79 Å². The third-order valence-electron chi connectivity index (χ3n) is 3.92. The number of hydrogen-bond donors (Lipinski definition) is 0.